The van der Waals surface area contributed by atoms with Gasteiger partial charge < -0.3 is 5.11 Å². The van der Waals surface area contributed by atoms with E-state index < -0.39 is 6.43 Å². The van der Waals surface area contributed by atoms with Gasteiger partial charge >= 0.3 is 0 Å². The fourth-order valence-electron chi connectivity index (χ4n) is 1.22. The number of phenols is 1. The topological polar surface area (TPSA) is 20.2 Å². The van der Waals surface area contributed by atoms with E-state index >= 15 is 0 Å². The van der Waals surface area contributed by atoms with E-state index in [1.807, 2.05) is 0 Å². The Bertz CT molecular complexity index is 481. The molecule has 1 aromatic carbocycles. The Kier molecular flexibility index (Phi) is 2.33. The molecule has 1 heterocycles. The highest BCUT2D eigenvalue weighted by Crippen LogP contribution is 2.38. The fraction of sp³-hybridized carbons (Fsp3) is 0.111. The van der Waals surface area contributed by atoms with E-state index in [2.05, 4.69) is 0 Å². The number of phenolic OH excluding ortho intramolecular Hbond substituents is 1. The van der Waals surface area contributed by atoms with Crippen LogP contribution in [0.1, 0.15) is 11.3 Å². The summed E-state index contributed by atoms with van der Waals surface area (Å²) >= 11 is 6.73. The highest BCUT2D eigenvalue weighted by Gasteiger charge is 2.13. The molecule has 1 aromatic heterocycles. The molecular formula is C9H5ClF2OS. The van der Waals surface area contributed by atoms with Crippen molar-refractivity contribution in [1.29, 1.82) is 0 Å². The summed E-state index contributed by atoms with van der Waals surface area (Å²) in [5.41, 5.74) is 0. The SMILES string of the molecule is Oc1cc(Cl)c2sc(C(F)F)cc2c1. The van der Waals surface area contributed by atoms with Gasteiger partial charge in [-0.2, -0.15) is 0 Å². The summed E-state index contributed by atoms with van der Waals surface area (Å²) in [6.07, 6.45) is -2.49. The fourth-order valence-corrected chi connectivity index (χ4v) is 2.46. The normalized spacial score (nSPS) is 11.4. The van der Waals surface area contributed by atoms with Crippen LogP contribution in [0.2, 0.25) is 5.02 Å². The summed E-state index contributed by atoms with van der Waals surface area (Å²) in [6.45, 7) is 0. The molecule has 0 aliphatic heterocycles. The molecule has 2 rings (SSSR count). The molecule has 0 unspecified atom stereocenters. The summed E-state index contributed by atoms with van der Waals surface area (Å²) in [7, 11) is 0. The number of hydrogen-bond donors (Lipinski definition) is 1. The van der Waals surface area contributed by atoms with Gasteiger partial charge in [-0.3, -0.25) is 0 Å². The van der Waals surface area contributed by atoms with Crippen LogP contribution in [0.5, 0.6) is 5.75 Å². The first-order chi connectivity index (χ1) is 6.58. The number of hydrogen-bond acceptors (Lipinski definition) is 2. The zero-order chi connectivity index (χ0) is 10.3. The quantitative estimate of drug-likeness (QED) is 0.784. The number of alkyl halides is 2. The van der Waals surface area contributed by atoms with Crippen LogP contribution in [0.25, 0.3) is 10.1 Å². The third kappa shape index (κ3) is 1.55. The van der Waals surface area contributed by atoms with Crippen LogP contribution >= 0.6 is 22.9 Å². The van der Waals surface area contributed by atoms with Crippen molar-refractivity contribution in [3.63, 3.8) is 0 Å². The molecule has 0 saturated heterocycles. The number of fused-ring (bicyclic) bond motifs is 1. The van der Waals surface area contributed by atoms with Crippen molar-refractivity contribution in [1.82, 2.24) is 0 Å². The maximum Gasteiger partial charge on any atom is 0.272 e. The van der Waals surface area contributed by atoms with E-state index in [1.165, 1.54) is 18.2 Å². The molecule has 74 valence electrons. The number of aromatic hydroxyl groups is 1. The Morgan fingerprint density at radius 3 is 2.64 bits per heavy atom. The Morgan fingerprint density at radius 1 is 1.29 bits per heavy atom. The van der Waals surface area contributed by atoms with E-state index in [4.69, 9.17) is 11.6 Å². The van der Waals surface area contributed by atoms with Gasteiger partial charge in [-0.15, -0.1) is 11.3 Å². The molecular weight excluding hydrogens is 230 g/mol. The number of thiophene rings is 1. The molecule has 0 aliphatic carbocycles. The lowest BCUT2D eigenvalue weighted by molar-refractivity contribution is 0.156. The van der Waals surface area contributed by atoms with Gasteiger partial charge in [0, 0.05) is 0 Å². The van der Waals surface area contributed by atoms with Crippen LogP contribution in [0.4, 0.5) is 8.78 Å². The maximum atomic E-state index is 12.3. The summed E-state index contributed by atoms with van der Waals surface area (Å²) in [6, 6.07) is 4.11. The predicted molar refractivity (Wildman–Crippen MR) is 53.5 cm³/mol. The molecule has 14 heavy (non-hydrogen) atoms. The minimum absolute atomic E-state index is 0.0129. The Hall–Kier alpha value is -0.870. The van der Waals surface area contributed by atoms with Crippen molar-refractivity contribution < 1.29 is 13.9 Å². The van der Waals surface area contributed by atoms with Crippen molar-refractivity contribution in [2.24, 2.45) is 0 Å². The second-order valence-electron chi connectivity index (χ2n) is 2.80. The second-order valence-corrected chi connectivity index (χ2v) is 4.29. The van der Waals surface area contributed by atoms with Gasteiger partial charge in [0.05, 0.1) is 14.6 Å². The monoisotopic (exact) mass is 234 g/mol. The largest absolute Gasteiger partial charge is 0.508 e. The lowest BCUT2D eigenvalue weighted by atomic mass is 10.2. The molecule has 0 saturated carbocycles. The third-order valence-corrected chi connectivity index (χ3v) is 3.39. The summed E-state index contributed by atoms with van der Waals surface area (Å²) in [5.74, 6) is -0.0129. The Balaban J connectivity index is 2.70. The van der Waals surface area contributed by atoms with E-state index in [0.29, 0.717) is 15.1 Å². The van der Waals surface area contributed by atoms with Gasteiger partial charge in [-0.05, 0) is 23.6 Å². The zero-order valence-electron chi connectivity index (χ0n) is 6.80. The zero-order valence-corrected chi connectivity index (χ0v) is 8.37. The van der Waals surface area contributed by atoms with Gasteiger partial charge in [0.15, 0.2) is 0 Å². The molecule has 0 radical (unpaired) electrons. The van der Waals surface area contributed by atoms with Gasteiger partial charge in [0.25, 0.3) is 6.43 Å². The second kappa shape index (κ2) is 3.37. The molecule has 1 N–H and O–H groups in total. The smallest absolute Gasteiger partial charge is 0.272 e. The van der Waals surface area contributed by atoms with E-state index in [9.17, 15) is 13.9 Å². The molecule has 0 spiro atoms. The van der Waals surface area contributed by atoms with Gasteiger partial charge in [0.2, 0.25) is 0 Å². The summed E-state index contributed by atoms with van der Waals surface area (Å²) < 4.78 is 25.3. The first kappa shape index (κ1) is 9.68. The van der Waals surface area contributed by atoms with Crippen LogP contribution < -0.4 is 0 Å². The molecule has 0 fully saturated rings. The van der Waals surface area contributed by atoms with Gasteiger partial charge in [-0.1, -0.05) is 11.6 Å². The Labute approximate surface area is 87.5 Å². The van der Waals surface area contributed by atoms with Gasteiger partial charge in [0.1, 0.15) is 5.75 Å². The summed E-state index contributed by atoms with van der Waals surface area (Å²) in [4.78, 5) is -0.0347. The van der Waals surface area contributed by atoms with E-state index in [-0.39, 0.29) is 10.6 Å². The number of halogens is 3. The van der Waals surface area contributed by atoms with E-state index in [0.717, 1.165) is 11.3 Å². The maximum absolute atomic E-state index is 12.3. The number of rotatable bonds is 1. The molecule has 0 aliphatic rings. The third-order valence-electron chi connectivity index (χ3n) is 1.79. The minimum atomic E-state index is -2.49. The molecule has 0 amide bonds. The summed E-state index contributed by atoms with van der Waals surface area (Å²) in [5, 5.41) is 10.0. The van der Waals surface area contributed by atoms with Crippen LogP contribution in [-0.4, -0.2) is 5.11 Å². The van der Waals surface area contributed by atoms with Crippen molar-refractivity contribution in [2.75, 3.05) is 0 Å². The van der Waals surface area contributed by atoms with Crippen LogP contribution in [0.3, 0.4) is 0 Å². The van der Waals surface area contributed by atoms with Crippen LogP contribution in [-0.2, 0) is 0 Å². The van der Waals surface area contributed by atoms with Crippen LogP contribution in [0, 0.1) is 0 Å². The lowest BCUT2D eigenvalue weighted by Gasteiger charge is -1.94. The molecule has 0 bridgehead atoms. The first-order valence-electron chi connectivity index (χ1n) is 3.78. The van der Waals surface area contributed by atoms with E-state index in [1.54, 1.807) is 0 Å². The molecule has 5 heteroatoms. The van der Waals surface area contributed by atoms with Crippen LogP contribution in [0.15, 0.2) is 18.2 Å². The standard InChI is InChI=1S/C9H5ClF2OS/c10-6-3-5(13)1-4-2-7(9(11)12)14-8(4)6/h1-3,9,13H. The van der Waals surface area contributed by atoms with Crippen molar-refractivity contribution in [3.8, 4) is 5.75 Å². The molecule has 0 atom stereocenters. The molecule has 1 nitrogen and oxygen atoms in total. The predicted octanol–water partition coefficient (Wildman–Crippen LogP) is 4.20. The Morgan fingerprint density at radius 2 is 2.00 bits per heavy atom. The minimum Gasteiger partial charge on any atom is -0.508 e. The van der Waals surface area contributed by atoms with Gasteiger partial charge in [-0.25, -0.2) is 8.78 Å². The molecule has 2 aromatic rings. The average Bonchev–Trinajstić information content (AvgIpc) is 2.47. The van der Waals surface area contributed by atoms with Crippen molar-refractivity contribution in [2.45, 2.75) is 6.43 Å². The highest BCUT2D eigenvalue weighted by atomic mass is 35.5. The lowest BCUT2D eigenvalue weighted by Crippen LogP contribution is -1.72. The first-order valence-corrected chi connectivity index (χ1v) is 4.97. The highest BCUT2D eigenvalue weighted by molar-refractivity contribution is 7.19. The van der Waals surface area contributed by atoms with Crippen molar-refractivity contribution >= 4 is 33.0 Å². The van der Waals surface area contributed by atoms with Crippen molar-refractivity contribution in [3.05, 3.63) is 28.1 Å². The average molecular weight is 235 g/mol. The number of benzene rings is 1.